The quantitative estimate of drug-likeness (QED) is 0.894. The standard InChI is InChI=1S/C16H14ClFN2O/c17-13-6-3-7-14(15(13)18)20-16(21)12-9-19-8-10-4-1-2-5-11(10)12/h1-7,12,19H,8-9H2,(H,20,21). The van der Waals surface area contributed by atoms with Gasteiger partial charge in [-0.15, -0.1) is 0 Å². The molecule has 1 unspecified atom stereocenters. The molecule has 1 heterocycles. The Morgan fingerprint density at radius 3 is 2.90 bits per heavy atom. The van der Waals surface area contributed by atoms with Gasteiger partial charge in [0, 0.05) is 13.1 Å². The molecule has 1 amide bonds. The number of rotatable bonds is 2. The minimum atomic E-state index is -0.607. The van der Waals surface area contributed by atoms with Crippen LogP contribution >= 0.6 is 11.6 Å². The summed E-state index contributed by atoms with van der Waals surface area (Å²) < 4.78 is 13.9. The first-order valence-corrected chi connectivity index (χ1v) is 7.08. The Kier molecular flexibility index (Phi) is 3.90. The number of amides is 1. The molecule has 3 nitrogen and oxygen atoms in total. The molecule has 21 heavy (non-hydrogen) atoms. The van der Waals surface area contributed by atoms with E-state index in [2.05, 4.69) is 10.6 Å². The van der Waals surface area contributed by atoms with Gasteiger partial charge in [0.25, 0.3) is 0 Å². The van der Waals surface area contributed by atoms with Gasteiger partial charge in [0.1, 0.15) is 0 Å². The molecule has 0 bridgehead atoms. The minimum absolute atomic E-state index is 0.00466. The van der Waals surface area contributed by atoms with E-state index in [0.29, 0.717) is 6.54 Å². The van der Waals surface area contributed by atoms with E-state index >= 15 is 0 Å². The molecule has 108 valence electrons. The van der Waals surface area contributed by atoms with Crippen molar-refractivity contribution in [3.8, 4) is 0 Å². The molecule has 1 aliphatic heterocycles. The van der Waals surface area contributed by atoms with E-state index in [-0.39, 0.29) is 22.5 Å². The van der Waals surface area contributed by atoms with E-state index in [4.69, 9.17) is 11.6 Å². The van der Waals surface area contributed by atoms with Crippen molar-refractivity contribution in [3.05, 3.63) is 64.4 Å². The second kappa shape index (κ2) is 5.84. The number of benzene rings is 2. The van der Waals surface area contributed by atoms with Crippen molar-refractivity contribution >= 4 is 23.2 Å². The summed E-state index contributed by atoms with van der Waals surface area (Å²) in [6.07, 6.45) is 0. The molecule has 1 aliphatic rings. The predicted octanol–water partition coefficient (Wildman–Crippen LogP) is 3.30. The second-order valence-electron chi connectivity index (χ2n) is 4.97. The van der Waals surface area contributed by atoms with Gasteiger partial charge in [-0.2, -0.15) is 0 Å². The fourth-order valence-corrected chi connectivity index (χ4v) is 2.72. The third-order valence-electron chi connectivity index (χ3n) is 3.62. The highest BCUT2D eigenvalue weighted by atomic mass is 35.5. The zero-order valence-corrected chi connectivity index (χ0v) is 12.0. The summed E-state index contributed by atoms with van der Waals surface area (Å²) >= 11 is 5.73. The second-order valence-corrected chi connectivity index (χ2v) is 5.38. The maximum absolute atomic E-state index is 13.9. The molecule has 0 aliphatic carbocycles. The summed E-state index contributed by atoms with van der Waals surface area (Å²) in [5.74, 6) is -1.19. The van der Waals surface area contributed by atoms with Gasteiger partial charge in [-0.05, 0) is 23.3 Å². The van der Waals surface area contributed by atoms with Gasteiger partial charge in [-0.25, -0.2) is 4.39 Å². The van der Waals surface area contributed by atoms with Crippen LogP contribution in [0.5, 0.6) is 0 Å². The highest BCUT2D eigenvalue weighted by molar-refractivity contribution is 6.31. The van der Waals surface area contributed by atoms with Crippen LogP contribution in [0.25, 0.3) is 0 Å². The highest BCUT2D eigenvalue weighted by Gasteiger charge is 2.26. The van der Waals surface area contributed by atoms with Crippen LogP contribution in [-0.4, -0.2) is 12.5 Å². The molecule has 3 rings (SSSR count). The smallest absolute Gasteiger partial charge is 0.233 e. The fourth-order valence-electron chi connectivity index (χ4n) is 2.55. The number of carbonyl (C=O) groups is 1. The maximum Gasteiger partial charge on any atom is 0.233 e. The third kappa shape index (κ3) is 2.77. The van der Waals surface area contributed by atoms with Gasteiger partial charge >= 0.3 is 0 Å². The average molecular weight is 305 g/mol. The van der Waals surface area contributed by atoms with E-state index < -0.39 is 5.82 Å². The summed E-state index contributed by atoms with van der Waals surface area (Å²) in [4.78, 5) is 12.4. The molecule has 0 saturated heterocycles. The number of nitrogens with one attached hydrogen (secondary N) is 2. The third-order valence-corrected chi connectivity index (χ3v) is 3.91. The van der Waals surface area contributed by atoms with Crippen LogP contribution in [0.3, 0.4) is 0 Å². The van der Waals surface area contributed by atoms with Crippen LogP contribution in [-0.2, 0) is 11.3 Å². The van der Waals surface area contributed by atoms with E-state index in [1.54, 1.807) is 6.07 Å². The van der Waals surface area contributed by atoms with E-state index in [0.717, 1.165) is 17.7 Å². The molecule has 5 heteroatoms. The van der Waals surface area contributed by atoms with Gasteiger partial charge in [0.2, 0.25) is 5.91 Å². The van der Waals surface area contributed by atoms with Crippen molar-refractivity contribution < 1.29 is 9.18 Å². The lowest BCUT2D eigenvalue weighted by molar-refractivity contribution is -0.117. The van der Waals surface area contributed by atoms with Crippen LogP contribution < -0.4 is 10.6 Å². The van der Waals surface area contributed by atoms with Crippen molar-refractivity contribution in [3.63, 3.8) is 0 Å². The Bertz CT molecular complexity index is 690. The molecule has 2 N–H and O–H groups in total. The van der Waals surface area contributed by atoms with Crippen molar-refractivity contribution in [2.45, 2.75) is 12.5 Å². The first-order valence-electron chi connectivity index (χ1n) is 6.70. The molecule has 0 saturated carbocycles. The first-order chi connectivity index (χ1) is 10.2. The summed E-state index contributed by atoms with van der Waals surface area (Å²) in [7, 11) is 0. The van der Waals surface area contributed by atoms with E-state index in [1.165, 1.54) is 12.1 Å². The number of fused-ring (bicyclic) bond motifs is 1. The first kappa shape index (κ1) is 14.0. The molecule has 2 aromatic carbocycles. The topological polar surface area (TPSA) is 41.1 Å². The summed E-state index contributed by atoms with van der Waals surface area (Å²) in [6.45, 7) is 1.27. The van der Waals surface area contributed by atoms with Gasteiger partial charge in [0.15, 0.2) is 5.82 Å². The monoisotopic (exact) mass is 304 g/mol. The minimum Gasteiger partial charge on any atom is -0.323 e. The van der Waals surface area contributed by atoms with E-state index in [9.17, 15) is 9.18 Å². The summed E-state index contributed by atoms with van der Waals surface area (Å²) in [5.41, 5.74) is 2.18. The SMILES string of the molecule is O=C(Nc1cccc(Cl)c1F)C1CNCc2ccccc21. The zero-order chi connectivity index (χ0) is 14.8. The van der Waals surface area contributed by atoms with Gasteiger partial charge < -0.3 is 10.6 Å². The molecule has 1 atom stereocenters. The van der Waals surface area contributed by atoms with Crippen molar-refractivity contribution in [2.24, 2.45) is 0 Å². The van der Waals surface area contributed by atoms with Crippen molar-refractivity contribution in [1.82, 2.24) is 5.32 Å². The average Bonchev–Trinajstić information content (AvgIpc) is 2.51. The van der Waals surface area contributed by atoms with Crippen LogP contribution in [0.2, 0.25) is 5.02 Å². The van der Waals surface area contributed by atoms with Crippen LogP contribution in [0, 0.1) is 5.82 Å². The Labute approximate surface area is 127 Å². The number of carbonyl (C=O) groups excluding carboxylic acids is 1. The maximum atomic E-state index is 13.9. The predicted molar refractivity (Wildman–Crippen MR) is 80.9 cm³/mol. The fraction of sp³-hybridized carbons (Fsp3) is 0.188. The number of hydrogen-bond donors (Lipinski definition) is 2. The Morgan fingerprint density at radius 1 is 1.24 bits per heavy atom. The lowest BCUT2D eigenvalue weighted by Crippen LogP contribution is -2.35. The van der Waals surface area contributed by atoms with Gasteiger partial charge in [0.05, 0.1) is 16.6 Å². The lowest BCUT2D eigenvalue weighted by atomic mass is 9.90. The van der Waals surface area contributed by atoms with Crippen molar-refractivity contribution in [2.75, 3.05) is 11.9 Å². The number of anilines is 1. The summed E-state index contributed by atoms with van der Waals surface area (Å²) in [5, 5.41) is 5.82. The van der Waals surface area contributed by atoms with Crippen LogP contribution in [0.15, 0.2) is 42.5 Å². The Morgan fingerprint density at radius 2 is 2.05 bits per heavy atom. The molecule has 0 spiro atoms. The molecule has 0 aromatic heterocycles. The molecule has 2 aromatic rings. The van der Waals surface area contributed by atoms with E-state index in [1.807, 2.05) is 24.3 Å². The molecule has 0 radical (unpaired) electrons. The van der Waals surface area contributed by atoms with Gasteiger partial charge in [-0.3, -0.25) is 4.79 Å². The van der Waals surface area contributed by atoms with Crippen LogP contribution in [0.4, 0.5) is 10.1 Å². The lowest BCUT2D eigenvalue weighted by Gasteiger charge is -2.25. The molecule has 0 fully saturated rings. The summed E-state index contributed by atoms with van der Waals surface area (Å²) in [6, 6.07) is 12.3. The molecular formula is C16H14ClFN2O. The highest BCUT2D eigenvalue weighted by Crippen LogP contribution is 2.27. The number of hydrogen-bond acceptors (Lipinski definition) is 2. The number of halogens is 2. The zero-order valence-electron chi connectivity index (χ0n) is 11.2. The normalized spacial score (nSPS) is 17.1. The Hall–Kier alpha value is -1.91. The van der Waals surface area contributed by atoms with Crippen molar-refractivity contribution in [1.29, 1.82) is 0 Å². The van der Waals surface area contributed by atoms with Crippen LogP contribution in [0.1, 0.15) is 17.0 Å². The molecular weight excluding hydrogens is 291 g/mol. The van der Waals surface area contributed by atoms with Gasteiger partial charge in [-0.1, -0.05) is 41.9 Å². The Balaban J connectivity index is 1.85. The largest absolute Gasteiger partial charge is 0.323 e.